The average Bonchev–Trinajstić information content (AvgIpc) is 2.64. The highest BCUT2D eigenvalue weighted by Gasteiger charge is 2.14. The van der Waals surface area contributed by atoms with Gasteiger partial charge in [-0.25, -0.2) is 4.79 Å². The molecule has 2 aromatic rings. The van der Waals surface area contributed by atoms with Crippen molar-refractivity contribution in [3.63, 3.8) is 0 Å². The third kappa shape index (κ3) is 4.87. The smallest absolute Gasteiger partial charge is 0.335 e. The first-order valence-corrected chi connectivity index (χ1v) is 8.43. The van der Waals surface area contributed by atoms with Crippen LogP contribution in [-0.2, 0) is 4.79 Å². The van der Waals surface area contributed by atoms with E-state index in [9.17, 15) is 14.9 Å². The van der Waals surface area contributed by atoms with Gasteiger partial charge in [0.2, 0.25) is 0 Å². The van der Waals surface area contributed by atoms with Crippen molar-refractivity contribution in [2.45, 2.75) is 13.8 Å². The highest BCUT2D eigenvalue weighted by Crippen LogP contribution is 2.25. The SMILES string of the molecule is CCOc1ccc(C(=O)O)cc1/C=C(\C#N)C(=O)Nc1cccc(Cl)c1C. The average molecular weight is 385 g/mol. The van der Waals surface area contributed by atoms with Crippen molar-refractivity contribution in [1.29, 1.82) is 5.26 Å². The van der Waals surface area contributed by atoms with Gasteiger partial charge >= 0.3 is 5.97 Å². The number of nitrogens with one attached hydrogen (secondary N) is 1. The molecule has 0 aliphatic heterocycles. The maximum absolute atomic E-state index is 12.5. The summed E-state index contributed by atoms with van der Waals surface area (Å²) in [5.41, 5.74) is 1.31. The van der Waals surface area contributed by atoms with Crippen molar-refractivity contribution < 1.29 is 19.4 Å². The number of nitrogens with zero attached hydrogens (tertiary/aromatic N) is 1. The zero-order chi connectivity index (χ0) is 20.0. The van der Waals surface area contributed by atoms with E-state index < -0.39 is 11.9 Å². The largest absolute Gasteiger partial charge is 0.493 e. The van der Waals surface area contributed by atoms with Gasteiger partial charge in [-0.15, -0.1) is 0 Å². The lowest BCUT2D eigenvalue weighted by Gasteiger charge is -2.10. The fraction of sp³-hybridized carbons (Fsp3) is 0.150. The summed E-state index contributed by atoms with van der Waals surface area (Å²) in [7, 11) is 0. The van der Waals surface area contributed by atoms with Crippen LogP contribution in [0.2, 0.25) is 5.02 Å². The predicted molar refractivity (Wildman–Crippen MR) is 103 cm³/mol. The van der Waals surface area contributed by atoms with Gasteiger partial charge in [-0.05, 0) is 55.8 Å². The Morgan fingerprint density at radius 1 is 1.33 bits per heavy atom. The van der Waals surface area contributed by atoms with Crippen LogP contribution in [0.25, 0.3) is 6.08 Å². The number of nitriles is 1. The number of anilines is 1. The van der Waals surface area contributed by atoms with E-state index in [1.165, 1.54) is 24.3 Å². The fourth-order valence-electron chi connectivity index (χ4n) is 2.32. The lowest BCUT2D eigenvalue weighted by Crippen LogP contribution is -2.14. The summed E-state index contributed by atoms with van der Waals surface area (Å²) in [6, 6.07) is 11.1. The van der Waals surface area contributed by atoms with Crippen LogP contribution in [0.1, 0.15) is 28.4 Å². The standard InChI is InChI=1S/C20H17ClN2O4/c1-3-27-18-8-7-13(20(25)26)9-14(18)10-15(11-22)19(24)23-17-6-4-5-16(21)12(17)2/h4-10H,3H2,1-2H3,(H,23,24)(H,25,26)/b15-10+. The number of benzene rings is 2. The molecule has 0 heterocycles. The predicted octanol–water partition coefficient (Wildman–Crippen LogP) is 4.29. The van der Waals surface area contributed by atoms with Crippen molar-refractivity contribution in [2.24, 2.45) is 0 Å². The van der Waals surface area contributed by atoms with Gasteiger partial charge in [-0.2, -0.15) is 5.26 Å². The molecule has 0 saturated carbocycles. The Kier molecular flexibility index (Phi) is 6.58. The molecule has 2 rings (SSSR count). The maximum Gasteiger partial charge on any atom is 0.335 e. The zero-order valence-electron chi connectivity index (χ0n) is 14.7. The number of hydrogen-bond donors (Lipinski definition) is 2. The van der Waals surface area contributed by atoms with Crippen LogP contribution in [0, 0.1) is 18.3 Å². The lowest BCUT2D eigenvalue weighted by molar-refractivity contribution is -0.112. The molecule has 0 bridgehead atoms. The molecule has 138 valence electrons. The van der Waals surface area contributed by atoms with Crippen LogP contribution in [0.3, 0.4) is 0 Å². The highest BCUT2D eigenvalue weighted by molar-refractivity contribution is 6.31. The number of carbonyl (C=O) groups excluding carboxylic acids is 1. The Hall–Kier alpha value is -3.30. The van der Waals surface area contributed by atoms with Gasteiger partial charge in [-0.1, -0.05) is 17.7 Å². The molecule has 0 unspecified atom stereocenters. The first-order valence-electron chi connectivity index (χ1n) is 8.05. The second-order valence-electron chi connectivity index (χ2n) is 5.53. The first kappa shape index (κ1) is 20.0. The number of amides is 1. The lowest BCUT2D eigenvalue weighted by atomic mass is 10.1. The highest BCUT2D eigenvalue weighted by atomic mass is 35.5. The van der Waals surface area contributed by atoms with Crippen molar-refractivity contribution >= 4 is 35.2 Å². The number of halogens is 1. The quantitative estimate of drug-likeness (QED) is 0.571. The molecule has 1 amide bonds. The molecule has 0 aliphatic rings. The van der Waals surface area contributed by atoms with Gasteiger partial charge in [0.05, 0.1) is 12.2 Å². The van der Waals surface area contributed by atoms with Crippen molar-refractivity contribution in [2.75, 3.05) is 11.9 Å². The number of hydrogen-bond acceptors (Lipinski definition) is 4. The van der Waals surface area contributed by atoms with E-state index >= 15 is 0 Å². The van der Waals surface area contributed by atoms with Gasteiger partial charge < -0.3 is 15.2 Å². The number of carbonyl (C=O) groups is 2. The van der Waals surface area contributed by atoms with Crippen LogP contribution < -0.4 is 10.1 Å². The zero-order valence-corrected chi connectivity index (χ0v) is 15.5. The van der Waals surface area contributed by atoms with Crippen LogP contribution >= 0.6 is 11.6 Å². The van der Waals surface area contributed by atoms with E-state index in [0.29, 0.717) is 34.2 Å². The first-order chi connectivity index (χ1) is 12.9. The number of aromatic carboxylic acids is 1. The van der Waals surface area contributed by atoms with Crippen LogP contribution in [0.5, 0.6) is 5.75 Å². The summed E-state index contributed by atoms with van der Waals surface area (Å²) in [4.78, 5) is 23.7. The Bertz CT molecular complexity index is 961. The van der Waals surface area contributed by atoms with Crippen LogP contribution in [0.15, 0.2) is 42.0 Å². The molecule has 0 fully saturated rings. The molecule has 0 atom stereocenters. The van der Waals surface area contributed by atoms with E-state index in [2.05, 4.69) is 5.32 Å². The van der Waals surface area contributed by atoms with Crippen molar-refractivity contribution in [1.82, 2.24) is 0 Å². The van der Waals surface area contributed by atoms with E-state index in [1.807, 2.05) is 6.07 Å². The second-order valence-corrected chi connectivity index (χ2v) is 5.93. The number of ether oxygens (including phenoxy) is 1. The molecule has 0 saturated heterocycles. The molecule has 27 heavy (non-hydrogen) atoms. The van der Waals surface area contributed by atoms with Gasteiger partial charge in [0.1, 0.15) is 17.4 Å². The number of carboxylic acid groups (broad SMARTS) is 1. The van der Waals surface area contributed by atoms with E-state index in [1.54, 1.807) is 32.0 Å². The Morgan fingerprint density at radius 3 is 2.70 bits per heavy atom. The van der Waals surface area contributed by atoms with E-state index in [0.717, 1.165) is 0 Å². The molecular formula is C20H17ClN2O4. The number of rotatable bonds is 6. The second kappa shape index (κ2) is 8.88. The van der Waals surface area contributed by atoms with Crippen molar-refractivity contribution in [3.05, 3.63) is 63.7 Å². The molecule has 0 aromatic heterocycles. The van der Waals surface area contributed by atoms with Gasteiger partial charge in [0.25, 0.3) is 5.91 Å². The van der Waals surface area contributed by atoms with Gasteiger partial charge in [0.15, 0.2) is 0 Å². The topological polar surface area (TPSA) is 99.4 Å². The van der Waals surface area contributed by atoms with Gasteiger partial charge in [0, 0.05) is 16.3 Å². The third-order valence-corrected chi connectivity index (χ3v) is 4.15. The summed E-state index contributed by atoms with van der Waals surface area (Å²) in [5.74, 6) is -1.38. The maximum atomic E-state index is 12.5. The molecule has 0 spiro atoms. The molecule has 0 radical (unpaired) electrons. The Balaban J connectivity index is 2.41. The Labute approximate surface area is 161 Å². The van der Waals surface area contributed by atoms with Crippen molar-refractivity contribution in [3.8, 4) is 11.8 Å². The normalized spacial score (nSPS) is 10.8. The minimum absolute atomic E-state index is 0.0214. The molecule has 2 aromatic carbocycles. The summed E-state index contributed by atoms with van der Waals surface area (Å²) in [5, 5.41) is 21.7. The summed E-state index contributed by atoms with van der Waals surface area (Å²) < 4.78 is 5.45. The van der Waals surface area contributed by atoms with Gasteiger partial charge in [-0.3, -0.25) is 4.79 Å². The summed E-state index contributed by atoms with van der Waals surface area (Å²) >= 11 is 6.04. The number of carboxylic acids is 1. The van der Waals surface area contributed by atoms with E-state index in [4.69, 9.17) is 21.4 Å². The molecule has 0 aliphatic carbocycles. The van der Waals surface area contributed by atoms with Crippen LogP contribution in [-0.4, -0.2) is 23.6 Å². The Morgan fingerprint density at radius 2 is 2.07 bits per heavy atom. The third-order valence-electron chi connectivity index (χ3n) is 3.74. The summed E-state index contributed by atoms with van der Waals surface area (Å²) in [6.45, 7) is 3.87. The minimum atomic E-state index is -1.12. The molecule has 2 N–H and O–H groups in total. The minimum Gasteiger partial charge on any atom is -0.493 e. The molecule has 7 heteroatoms. The van der Waals surface area contributed by atoms with E-state index in [-0.39, 0.29) is 11.1 Å². The van der Waals surface area contributed by atoms with Crippen LogP contribution in [0.4, 0.5) is 5.69 Å². The fourth-order valence-corrected chi connectivity index (χ4v) is 2.49. The monoisotopic (exact) mass is 384 g/mol. The molecule has 6 nitrogen and oxygen atoms in total. The summed E-state index contributed by atoms with van der Waals surface area (Å²) in [6.07, 6.45) is 1.30. The molecular weight excluding hydrogens is 368 g/mol.